The van der Waals surface area contributed by atoms with Crippen LogP contribution in [0.5, 0.6) is 5.75 Å². The molecule has 11 heteroatoms. The molecule has 194 valence electrons. The Hall–Kier alpha value is -4.28. The van der Waals surface area contributed by atoms with Gasteiger partial charge in [-0.05, 0) is 10.8 Å². The fourth-order valence-electron chi connectivity index (χ4n) is 4.51. The summed E-state index contributed by atoms with van der Waals surface area (Å²) in [5, 5.41) is -3.70. The van der Waals surface area contributed by atoms with Crippen molar-refractivity contribution >= 4 is 21.5 Å². The summed E-state index contributed by atoms with van der Waals surface area (Å²) in [5.74, 6) is -20.4. The molecular formula is C27H10F10O. The minimum absolute atomic E-state index is 0.147. The van der Waals surface area contributed by atoms with Gasteiger partial charge in [0.1, 0.15) is 17.4 Å². The van der Waals surface area contributed by atoms with E-state index in [1.54, 1.807) is 0 Å². The highest BCUT2D eigenvalue weighted by Crippen LogP contribution is 2.49. The summed E-state index contributed by atoms with van der Waals surface area (Å²) in [4.78, 5) is 0. The third-order valence-corrected chi connectivity index (χ3v) is 6.10. The van der Waals surface area contributed by atoms with Crippen molar-refractivity contribution in [3.8, 4) is 28.0 Å². The van der Waals surface area contributed by atoms with Crippen LogP contribution in [0.2, 0.25) is 0 Å². The van der Waals surface area contributed by atoms with Crippen LogP contribution in [0.4, 0.5) is 43.9 Å². The van der Waals surface area contributed by atoms with Crippen LogP contribution in [-0.4, -0.2) is 7.11 Å². The summed E-state index contributed by atoms with van der Waals surface area (Å²) in [6, 6.07) is 5.68. The molecule has 0 bridgehead atoms. The van der Waals surface area contributed by atoms with Crippen LogP contribution in [0.25, 0.3) is 43.8 Å². The molecule has 0 unspecified atom stereocenters. The lowest BCUT2D eigenvalue weighted by molar-refractivity contribution is 0.407. The molecule has 0 N–H and O–H groups in total. The zero-order valence-corrected chi connectivity index (χ0v) is 18.7. The first-order valence-corrected chi connectivity index (χ1v) is 10.6. The van der Waals surface area contributed by atoms with Gasteiger partial charge in [-0.15, -0.1) is 0 Å². The first-order valence-electron chi connectivity index (χ1n) is 10.6. The first kappa shape index (κ1) is 25.4. The summed E-state index contributed by atoms with van der Waals surface area (Å²) in [5.41, 5.74) is -4.59. The van der Waals surface area contributed by atoms with E-state index < -0.39 is 102 Å². The normalized spacial score (nSPS) is 11.6. The average molecular weight is 540 g/mol. The van der Waals surface area contributed by atoms with Crippen LogP contribution in [0.15, 0.2) is 42.5 Å². The van der Waals surface area contributed by atoms with Crippen molar-refractivity contribution in [3.63, 3.8) is 0 Å². The monoisotopic (exact) mass is 540 g/mol. The maximum Gasteiger partial charge on any atom is 0.198 e. The van der Waals surface area contributed by atoms with Crippen molar-refractivity contribution in [1.29, 1.82) is 0 Å². The molecule has 0 aliphatic heterocycles. The van der Waals surface area contributed by atoms with Gasteiger partial charge in [-0.25, -0.2) is 43.9 Å². The molecule has 0 fully saturated rings. The molecular weight excluding hydrogens is 530 g/mol. The summed E-state index contributed by atoms with van der Waals surface area (Å²) in [7, 11) is 1.09. The number of hydrogen-bond donors (Lipinski definition) is 0. The van der Waals surface area contributed by atoms with Crippen LogP contribution < -0.4 is 4.74 Å². The minimum Gasteiger partial charge on any atom is -0.497 e. The van der Waals surface area contributed by atoms with Gasteiger partial charge in [-0.3, -0.25) is 0 Å². The average Bonchev–Trinajstić information content (AvgIpc) is 2.89. The molecule has 0 heterocycles. The van der Waals surface area contributed by atoms with Gasteiger partial charge < -0.3 is 4.74 Å². The molecule has 5 aromatic carbocycles. The second kappa shape index (κ2) is 8.93. The molecule has 0 amide bonds. The third kappa shape index (κ3) is 3.48. The fourth-order valence-corrected chi connectivity index (χ4v) is 4.51. The van der Waals surface area contributed by atoms with Gasteiger partial charge in [0.2, 0.25) is 0 Å². The molecule has 0 aromatic heterocycles. The number of rotatable bonds is 3. The second-order valence-electron chi connectivity index (χ2n) is 8.11. The van der Waals surface area contributed by atoms with Crippen LogP contribution in [0.3, 0.4) is 0 Å². The van der Waals surface area contributed by atoms with Crippen molar-refractivity contribution in [3.05, 3.63) is 101 Å². The molecule has 0 atom stereocenters. The fraction of sp³-hybridized carbons (Fsp3) is 0.0370. The van der Waals surface area contributed by atoms with Crippen molar-refractivity contribution in [2.24, 2.45) is 0 Å². The molecule has 5 rings (SSSR count). The zero-order chi connectivity index (χ0) is 27.6. The van der Waals surface area contributed by atoms with E-state index in [0.717, 1.165) is 19.2 Å². The van der Waals surface area contributed by atoms with E-state index in [9.17, 15) is 26.3 Å². The van der Waals surface area contributed by atoms with E-state index in [4.69, 9.17) is 4.74 Å². The van der Waals surface area contributed by atoms with E-state index >= 15 is 17.6 Å². The maximum atomic E-state index is 15.4. The molecule has 0 aliphatic rings. The highest BCUT2D eigenvalue weighted by atomic mass is 19.2. The summed E-state index contributed by atoms with van der Waals surface area (Å²) in [6.07, 6.45) is 0. The predicted molar refractivity (Wildman–Crippen MR) is 118 cm³/mol. The van der Waals surface area contributed by atoms with Crippen LogP contribution in [0.1, 0.15) is 0 Å². The lowest BCUT2D eigenvalue weighted by atomic mass is 9.84. The largest absolute Gasteiger partial charge is 0.497 e. The van der Waals surface area contributed by atoms with Crippen LogP contribution >= 0.6 is 0 Å². The van der Waals surface area contributed by atoms with Crippen LogP contribution in [-0.2, 0) is 0 Å². The quantitative estimate of drug-likeness (QED) is 0.0963. The van der Waals surface area contributed by atoms with Gasteiger partial charge in [-0.1, -0.05) is 24.3 Å². The van der Waals surface area contributed by atoms with Gasteiger partial charge in [0.05, 0.1) is 18.2 Å². The first-order chi connectivity index (χ1) is 18.0. The Morgan fingerprint density at radius 1 is 0.447 bits per heavy atom. The number of fused-ring (bicyclic) bond motifs is 2. The standard InChI is InChI=1S/C27H10F10O/c1-38-9-6-12(28)18(13(29)7-9)16-10-4-2-3-5-11(10)17(21-22(32)14(30)8-15(31)23(21)33)20-19(16)24(34)26(36)27(37)25(20)35/h2-8H,1H3. The predicted octanol–water partition coefficient (Wildman–Crippen LogP) is 8.73. The molecule has 0 saturated carbocycles. The molecule has 0 spiro atoms. The van der Waals surface area contributed by atoms with E-state index in [2.05, 4.69) is 0 Å². The number of benzene rings is 5. The summed E-state index contributed by atoms with van der Waals surface area (Å²) in [6.45, 7) is 0. The molecule has 0 radical (unpaired) electrons. The number of methoxy groups -OCH3 is 1. The second-order valence-corrected chi connectivity index (χ2v) is 8.11. The Labute approximate surface area is 206 Å². The number of hydrogen-bond acceptors (Lipinski definition) is 1. The van der Waals surface area contributed by atoms with E-state index in [1.807, 2.05) is 0 Å². The van der Waals surface area contributed by atoms with E-state index in [1.165, 1.54) is 12.1 Å². The molecule has 38 heavy (non-hydrogen) atoms. The van der Waals surface area contributed by atoms with Gasteiger partial charge in [-0.2, -0.15) is 0 Å². The van der Waals surface area contributed by atoms with Crippen molar-refractivity contribution in [2.75, 3.05) is 7.11 Å². The third-order valence-electron chi connectivity index (χ3n) is 6.10. The topological polar surface area (TPSA) is 9.23 Å². The van der Waals surface area contributed by atoms with Crippen molar-refractivity contribution in [1.82, 2.24) is 0 Å². The van der Waals surface area contributed by atoms with E-state index in [-0.39, 0.29) is 11.8 Å². The molecule has 1 nitrogen and oxygen atoms in total. The maximum absolute atomic E-state index is 15.4. The van der Waals surface area contributed by atoms with Crippen molar-refractivity contribution < 1.29 is 48.6 Å². The summed E-state index contributed by atoms with van der Waals surface area (Å²) >= 11 is 0. The molecule has 0 saturated heterocycles. The van der Waals surface area contributed by atoms with Gasteiger partial charge in [0.25, 0.3) is 0 Å². The lowest BCUT2D eigenvalue weighted by Gasteiger charge is -2.20. The molecule has 0 aliphatic carbocycles. The number of halogens is 10. The lowest BCUT2D eigenvalue weighted by Crippen LogP contribution is -2.06. The summed E-state index contributed by atoms with van der Waals surface area (Å²) < 4.78 is 153. The van der Waals surface area contributed by atoms with Gasteiger partial charge in [0.15, 0.2) is 46.5 Å². The van der Waals surface area contributed by atoms with Gasteiger partial charge in [0, 0.05) is 40.1 Å². The zero-order valence-electron chi connectivity index (χ0n) is 18.7. The Bertz CT molecular complexity index is 1760. The minimum atomic E-state index is -2.44. The number of ether oxygens (including phenoxy) is 1. The van der Waals surface area contributed by atoms with Crippen molar-refractivity contribution in [2.45, 2.75) is 0 Å². The smallest absolute Gasteiger partial charge is 0.198 e. The highest BCUT2D eigenvalue weighted by Gasteiger charge is 2.33. The Morgan fingerprint density at radius 2 is 0.868 bits per heavy atom. The van der Waals surface area contributed by atoms with E-state index in [0.29, 0.717) is 12.1 Å². The highest BCUT2D eigenvalue weighted by molar-refractivity contribution is 6.22. The Kier molecular flexibility index (Phi) is 5.96. The van der Waals surface area contributed by atoms with Gasteiger partial charge >= 0.3 is 0 Å². The SMILES string of the molecule is COc1cc(F)c(-c2c3ccccc3c(-c3c(F)c(F)cc(F)c3F)c3c(F)c(F)c(F)c(F)c23)c(F)c1. The van der Waals surface area contributed by atoms with Crippen LogP contribution in [0, 0.1) is 58.2 Å². The molecule has 5 aromatic rings. The Morgan fingerprint density at radius 3 is 1.29 bits per heavy atom. The Balaban J connectivity index is 2.17.